The number of nitrogens with zero attached hydrogens (tertiary/aromatic N) is 2. The van der Waals surface area contributed by atoms with Gasteiger partial charge in [-0.1, -0.05) is 37.7 Å². The van der Waals surface area contributed by atoms with Crippen LogP contribution in [0.4, 0.5) is 4.79 Å². The molecule has 2 aromatic rings. The molecule has 0 unspecified atom stereocenters. The Morgan fingerprint density at radius 3 is 2.69 bits per heavy atom. The van der Waals surface area contributed by atoms with Crippen LogP contribution in [0.1, 0.15) is 27.2 Å². The van der Waals surface area contributed by atoms with E-state index in [4.69, 9.17) is 0 Å². The maximum Gasteiger partial charge on any atom is 0.321 e. The lowest BCUT2D eigenvalue weighted by molar-refractivity contribution is -0.117. The third-order valence-corrected chi connectivity index (χ3v) is 4.66. The number of aromatic nitrogens is 2. The number of nitrogens with one attached hydrogen (secondary N) is 2. The van der Waals surface area contributed by atoms with Crippen LogP contribution in [0.3, 0.4) is 0 Å². The van der Waals surface area contributed by atoms with Gasteiger partial charge in [0.1, 0.15) is 0 Å². The molecule has 1 heterocycles. The molecule has 2 rings (SSSR count). The van der Waals surface area contributed by atoms with Gasteiger partial charge in [0, 0.05) is 13.1 Å². The highest BCUT2D eigenvalue weighted by atomic mass is 32.2. The fourth-order valence-electron chi connectivity index (χ4n) is 2.34. The van der Waals surface area contributed by atoms with Crippen molar-refractivity contribution in [2.75, 3.05) is 12.3 Å². The first-order valence-electron chi connectivity index (χ1n) is 8.62. The molecule has 1 aromatic heterocycles. The van der Waals surface area contributed by atoms with E-state index in [-0.39, 0.29) is 11.3 Å². The van der Waals surface area contributed by atoms with Crippen LogP contribution >= 0.6 is 11.8 Å². The fraction of sp³-hybridized carbons (Fsp3) is 0.444. The van der Waals surface area contributed by atoms with Crippen molar-refractivity contribution in [2.45, 2.75) is 38.9 Å². The molecular formula is C18H24N4O3S. The topological polar surface area (TPSA) is 93.1 Å². The van der Waals surface area contributed by atoms with E-state index in [1.54, 1.807) is 23.6 Å². The minimum atomic E-state index is -0.526. The maximum absolute atomic E-state index is 12.8. The summed E-state index contributed by atoms with van der Waals surface area (Å²) in [5.74, 6) is 0.00914. The van der Waals surface area contributed by atoms with Crippen molar-refractivity contribution in [3.05, 3.63) is 34.6 Å². The predicted molar refractivity (Wildman–Crippen MR) is 103 cm³/mol. The van der Waals surface area contributed by atoms with Crippen LogP contribution in [0.5, 0.6) is 0 Å². The number of para-hydroxylation sites is 1. The maximum atomic E-state index is 12.8. The lowest BCUT2D eigenvalue weighted by Gasteiger charge is -2.14. The van der Waals surface area contributed by atoms with Crippen molar-refractivity contribution in [3.63, 3.8) is 0 Å². The second-order valence-electron chi connectivity index (χ2n) is 6.25. The molecule has 0 aliphatic rings. The Kier molecular flexibility index (Phi) is 7.20. The van der Waals surface area contributed by atoms with E-state index in [2.05, 4.69) is 29.5 Å². The number of rotatable bonds is 7. The highest BCUT2D eigenvalue weighted by molar-refractivity contribution is 7.99. The molecule has 3 amide bonds. The summed E-state index contributed by atoms with van der Waals surface area (Å²) in [5.41, 5.74) is 0.493. The molecule has 140 valence electrons. The molecule has 2 N–H and O–H groups in total. The largest absolute Gasteiger partial charge is 0.338 e. The molecular weight excluding hydrogens is 352 g/mol. The third kappa shape index (κ3) is 5.32. The van der Waals surface area contributed by atoms with E-state index in [0.717, 1.165) is 18.2 Å². The summed E-state index contributed by atoms with van der Waals surface area (Å²) in [6, 6.07) is 6.64. The lowest BCUT2D eigenvalue weighted by atomic mass is 10.1. The van der Waals surface area contributed by atoms with Gasteiger partial charge in [0.25, 0.3) is 5.56 Å². The number of amides is 3. The molecule has 1 aromatic carbocycles. The average molecular weight is 376 g/mol. The quantitative estimate of drug-likeness (QED) is 0.572. The second-order valence-corrected chi connectivity index (χ2v) is 7.19. The Morgan fingerprint density at radius 2 is 2.00 bits per heavy atom. The first-order valence-corrected chi connectivity index (χ1v) is 9.61. The molecule has 8 heteroatoms. The third-order valence-electron chi connectivity index (χ3n) is 3.68. The summed E-state index contributed by atoms with van der Waals surface area (Å²) in [7, 11) is 0. The number of fused-ring (bicyclic) bond motifs is 1. The van der Waals surface area contributed by atoms with Crippen molar-refractivity contribution in [3.8, 4) is 0 Å². The molecule has 0 bridgehead atoms. The van der Waals surface area contributed by atoms with Gasteiger partial charge in [-0.25, -0.2) is 9.78 Å². The summed E-state index contributed by atoms with van der Waals surface area (Å²) in [4.78, 5) is 40.7. The van der Waals surface area contributed by atoms with Crippen molar-refractivity contribution in [1.82, 2.24) is 20.2 Å². The van der Waals surface area contributed by atoms with Crippen LogP contribution in [-0.2, 0) is 11.3 Å². The number of benzene rings is 1. The summed E-state index contributed by atoms with van der Waals surface area (Å²) in [5, 5.41) is 5.80. The first-order chi connectivity index (χ1) is 12.4. The van der Waals surface area contributed by atoms with Gasteiger partial charge in [-0.05, 0) is 31.4 Å². The molecule has 0 spiro atoms. The second kappa shape index (κ2) is 9.38. The number of carbonyl (C=O) groups is 2. The van der Waals surface area contributed by atoms with Crippen molar-refractivity contribution >= 4 is 34.6 Å². The van der Waals surface area contributed by atoms with Gasteiger partial charge in [0.15, 0.2) is 5.16 Å². The van der Waals surface area contributed by atoms with Crippen LogP contribution in [0.15, 0.2) is 34.2 Å². The van der Waals surface area contributed by atoms with Gasteiger partial charge in [-0.15, -0.1) is 0 Å². The minimum absolute atomic E-state index is 0.00356. The zero-order valence-electron chi connectivity index (χ0n) is 15.2. The standard InChI is InChI=1S/C18H24N4O3S/c1-4-19-17(25)21-15(23)11-26-18-20-14-8-6-5-7-13(14)16(24)22(18)10-9-12(2)3/h5-8,12H,4,9-11H2,1-3H3,(H2,19,21,23,25). The lowest BCUT2D eigenvalue weighted by Crippen LogP contribution is -2.40. The Hall–Kier alpha value is -2.35. The van der Waals surface area contributed by atoms with Crippen molar-refractivity contribution < 1.29 is 9.59 Å². The molecule has 0 saturated heterocycles. The summed E-state index contributed by atoms with van der Waals surface area (Å²) < 4.78 is 1.62. The van der Waals surface area contributed by atoms with Gasteiger partial charge < -0.3 is 5.32 Å². The number of urea groups is 1. The van der Waals surface area contributed by atoms with Gasteiger partial charge >= 0.3 is 6.03 Å². The Labute approximate surface area is 156 Å². The summed E-state index contributed by atoms with van der Waals surface area (Å²) in [6.07, 6.45) is 0.832. The Morgan fingerprint density at radius 1 is 1.27 bits per heavy atom. The molecule has 0 aliphatic heterocycles. The van der Waals surface area contributed by atoms with Crippen LogP contribution in [0, 0.1) is 5.92 Å². The van der Waals surface area contributed by atoms with Gasteiger partial charge in [0.2, 0.25) is 5.91 Å². The van der Waals surface area contributed by atoms with E-state index in [1.807, 2.05) is 12.1 Å². The molecule has 26 heavy (non-hydrogen) atoms. The fourth-order valence-corrected chi connectivity index (χ4v) is 3.17. The number of hydrogen-bond acceptors (Lipinski definition) is 5. The van der Waals surface area contributed by atoms with Crippen LogP contribution in [-0.4, -0.2) is 33.8 Å². The van der Waals surface area contributed by atoms with E-state index < -0.39 is 11.9 Å². The normalized spacial score (nSPS) is 10.9. The van der Waals surface area contributed by atoms with Gasteiger partial charge in [0.05, 0.1) is 16.7 Å². The Balaban J connectivity index is 2.23. The van der Waals surface area contributed by atoms with Gasteiger partial charge in [-0.2, -0.15) is 0 Å². The van der Waals surface area contributed by atoms with E-state index >= 15 is 0 Å². The average Bonchev–Trinajstić information content (AvgIpc) is 2.59. The highest BCUT2D eigenvalue weighted by Gasteiger charge is 2.14. The van der Waals surface area contributed by atoms with E-state index in [0.29, 0.717) is 35.1 Å². The number of thioether (sulfide) groups is 1. The Bertz CT molecular complexity index is 848. The number of imide groups is 1. The van der Waals surface area contributed by atoms with Crippen molar-refractivity contribution in [1.29, 1.82) is 0 Å². The molecule has 7 nitrogen and oxygen atoms in total. The van der Waals surface area contributed by atoms with E-state index in [9.17, 15) is 14.4 Å². The highest BCUT2D eigenvalue weighted by Crippen LogP contribution is 2.18. The number of carbonyl (C=O) groups excluding carboxylic acids is 2. The summed E-state index contributed by atoms with van der Waals surface area (Å²) in [6.45, 7) is 6.92. The van der Waals surface area contributed by atoms with Crippen LogP contribution < -0.4 is 16.2 Å². The van der Waals surface area contributed by atoms with E-state index in [1.165, 1.54) is 0 Å². The molecule has 0 aliphatic carbocycles. The molecule has 0 radical (unpaired) electrons. The SMILES string of the molecule is CCNC(=O)NC(=O)CSc1nc2ccccc2c(=O)n1CCC(C)C. The molecule has 0 atom stereocenters. The molecule has 0 fully saturated rings. The van der Waals surface area contributed by atoms with Crippen LogP contribution in [0.25, 0.3) is 10.9 Å². The first kappa shape index (κ1) is 20.0. The number of hydrogen-bond donors (Lipinski definition) is 2. The zero-order valence-corrected chi connectivity index (χ0v) is 16.1. The minimum Gasteiger partial charge on any atom is -0.338 e. The zero-order chi connectivity index (χ0) is 19.1. The van der Waals surface area contributed by atoms with Crippen LogP contribution in [0.2, 0.25) is 0 Å². The summed E-state index contributed by atoms with van der Waals surface area (Å²) >= 11 is 1.16. The predicted octanol–water partition coefficient (Wildman–Crippen LogP) is 2.38. The van der Waals surface area contributed by atoms with Crippen molar-refractivity contribution in [2.24, 2.45) is 5.92 Å². The smallest absolute Gasteiger partial charge is 0.321 e. The van der Waals surface area contributed by atoms with Gasteiger partial charge in [-0.3, -0.25) is 19.5 Å². The molecule has 0 saturated carbocycles. The monoisotopic (exact) mass is 376 g/mol.